The lowest BCUT2D eigenvalue weighted by Gasteiger charge is -2.09. The number of hydrogen-bond donors (Lipinski definition) is 3. The molecule has 0 aliphatic carbocycles. The number of nitrogens with one attached hydrogen (secondary N) is 3. The first-order chi connectivity index (χ1) is 7.65. The Balaban J connectivity index is 2.39. The summed E-state index contributed by atoms with van der Waals surface area (Å²) >= 11 is 6.31. The van der Waals surface area contributed by atoms with Gasteiger partial charge in [-0.2, -0.15) is 0 Å². The molecule has 0 radical (unpaired) electrons. The molecule has 4 nitrogen and oxygen atoms in total. The molecule has 0 fully saturated rings. The van der Waals surface area contributed by atoms with E-state index < -0.39 is 0 Å². The van der Waals surface area contributed by atoms with E-state index >= 15 is 0 Å². The summed E-state index contributed by atoms with van der Waals surface area (Å²) in [5.74, 6) is -0.185. The van der Waals surface area contributed by atoms with Crippen LogP contribution >= 0.6 is 23.6 Å². The molecule has 1 heterocycles. The quantitative estimate of drug-likeness (QED) is 0.433. The molecule has 0 bridgehead atoms. The van der Waals surface area contributed by atoms with Gasteiger partial charge in [0.1, 0.15) is 0 Å². The van der Waals surface area contributed by atoms with E-state index in [9.17, 15) is 4.79 Å². The first-order valence-electron chi connectivity index (χ1n) is 4.64. The van der Waals surface area contributed by atoms with E-state index in [1.807, 2.05) is 18.4 Å². The van der Waals surface area contributed by atoms with E-state index in [0.717, 1.165) is 5.56 Å². The average Bonchev–Trinajstić information content (AvgIpc) is 2.69. The summed E-state index contributed by atoms with van der Waals surface area (Å²) in [6.07, 6.45) is 1.68. The SMILES string of the molecule is C=CCNC(=S)NNC(=O)c1sccc1C. The zero-order valence-corrected chi connectivity index (χ0v) is 10.5. The van der Waals surface area contributed by atoms with Crippen molar-refractivity contribution < 1.29 is 4.79 Å². The fraction of sp³-hybridized carbons (Fsp3) is 0.200. The van der Waals surface area contributed by atoms with E-state index in [4.69, 9.17) is 12.2 Å². The molecule has 6 heteroatoms. The number of hydrogen-bond acceptors (Lipinski definition) is 3. The Labute approximate surface area is 104 Å². The summed E-state index contributed by atoms with van der Waals surface area (Å²) in [5, 5.41) is 5.08. The lowest BCUT2D eigenvalue weighted by molar-refractivity contribution is 0.0947. The Kier molecular flexibility index (Phi) is 4.94. The molecule has 0 unspecified atom stereocenters. The van der Waals surface area contributed by atoms with Gasteiger partial charge in [-0.1, -0.05) is 6.08 Å². The highest BCUT2D eigenvalue weighted by molar-refractivity contribution is 7.80. The molecule has 0 atom stereocenters. The van der Waals surface area contributed by atoms with Crippen molar-refractivity contribution in [1.29, 1.82) is 0 Å². The number of aryl methyl sites for hydroxylation is 1. The van der Waals surface area contributed by atoms with E-state index in [-0.39, 0.29) is 5.91 Å². The van der Waals surface area contributed by atoms with Crippen LogP contribution in [0.3, 0.4) is 0 Å². The minimum atomic E-state index is -0.185. The second kappa shape index (κ2) is 6.24. The number of thiocarbonyl (C=S) groups is 1. The normalized spacial score (nSPS) is 9.31. The first kappa shape index (κ1) is 12.7. The summed E-state index contributed by atoms with van der Waals surface area (Å²) in [5.41, 5.74) is 6.08. The molecule has 3 N–H and O–H groups in total. The number of amides is 1. The fourth-order valence-electron chi connectivity index (χ4n) is 0.985. The Morgan fingerprint density at radius 1 is 1.62 bits per heavy atom. The van der Waals surface area contributed by atoms with Crippen molar-refractivity contribution in [2.24, 2.45) is 0 Å². The molecule has 0 aliphatic rings. The number of carbonyl (C=O) groups is 1. The van der Waals surface area contributed by atoms with Gasteiger partial charge in [-0.3, -0.25) is 15.6 Å². The summed E-state index contributed by atoms with van der Waals surface area (Å²) in [7, 11) is 0. The van der Waals surface area contributed by atoms with E-state index in [1.54, 1.807) is 6.08 Å². The fourth-order valence-corrected chi connectivity index (χ4v) is 1.94. The van der Waals surface area contributed by atoms with Crippen LogP contribution in [0.1, 0.15) is 15.2 Å². The van der Waals surface area contributed by atoms with Gasteiger partial charge in [0.2, 0.25) is 0 Å². The second-order valence-electron chi connectivity index (χ2n) is 3.01. The van der Waals surface area contributed by atoms with Gasteiger partial charge in [0.05, 0.1) is 4.88 Å². The van der Waals surface area contributed by atoms with Crippen LogP contribution in [0, 0.1) is 6.92 Å². The molecule has 1 aromatic heterocycles. The smallest absolute Gasteiger partial charge is 0.279 e. The minimum Gasteiger partial charge on any atom is -0.358 e. The molecular weight excluding hydrogens is 242 g/mol. The minimum absolute atomic E-state index is 0.185. The van der Waals surface area contributed by atoms with Crippen LogP contribution in [0.15, 0.2) is 24.1 Å². The van der Waals surface area contributed by atoms with Gasteiger partial charge < -0.3 is 5.32 Å². The zero-order chi connectivity index (χ0) is 12.0. The summed E-state index contributed by atoms with van der Waals surface area (Å²) in [6, 6.07) is 1.90. The molecular formula is C10H13N3OS2. The first-order valence-corrected chi connectivity index (χ1v) is 5.93. The molecule has 1 rings (SSSR count). The Morgan fingerprint density at radius 3 is 2.94 bits per heavy atom. The summed E-state index contributed by atoms with van der Waals surface area (Å²) in [4.78, 5) is 12.3. The zero-order valence-electron chi connectivity index (χ0n) is 8.87. The van der Waals surface area contributed by atoms with E-state index in [1.165, 1.54) is 11.3 Å². The molecule has 16 heavy (non-hydrogen) atoms. The van der Waals surface area contributed by atoms with Crippen molar-refractivity contribution in [3.8, 4) is 0 Å². The van der Waals surface area contributed by atoms with Gasteiger partial charge in [0, 0.05) is 6.54 Å². The Bertz CT molecular complexity index is 401. The van der Waals surface area contributed by atoms with Gasteiger partial charge in [-0.25, -0.2) is 0 Å². The maximum Gasteiger partial charge on any atom is 0.279 e. The van der Waals surface area contributed by atoms with Gasteiger partial charge in [-0.05, 0) is 36.2 Å². The maximum absolute atomic E-state index is 11.6. The second-order valence-corrected chi connectivity index (χ2v) is 4.33. The van der Waals surface area contributed by atoms with Crippen molar-refractivity contribution in [2.45, 2.75) is 6.92 Å². The lowest BCUT2D eigenvalue weighted by Crippen LogP contribution is -2.46. The van der Waals surface area contributed by atoms with Crippen LogP contribution < -0.4 is 16.2 Å². The van der Waals surface area contributed by atoms with E-state index in [0.29, 0.717) is 16.5 Å². The van der Waals surface area contributed by atoms with Crippen LogP contribution in [0.5, 0.6) is 0 Å². The molecule has 0 saturated heterocycles. The van der Waals surface area contributed by atoms with Gasteiger partial charge in [0.15, 0.2) is 5.11 Å². The standard InChI is InChI=1S/C10H13N3OS2/c1-3-5-11-10(15)13-12-9(14)8-7(2)4-6-16-8/h3-4,6H,1,5H2,2H3,(H,12,14)(H2,11,13,15). The topological polar surface area (TPSA) is 53.2 Å². The molecule has 0 aliphatic heterocycles. The average molecular weight is 255 g/mol. The highest BCUT2D eigenvalue weighted by Gasteiger charge is 2.09. The number of hydrazine groups is 1. The van der Waals surface area contributed by atoms with Crippen LogP contribution in [-0.4, -0.2) is 17.6 Å². The number of rotatable bonds is 3. The Morgan fingerprint density at radius 2 is 2.38 bits per heavy atom. The van der Waals surface area contributed by atoms with Gasteiger partial charge in [0.25, 0.3) is 5.91 Å². The van der Waals surface area contributed by atoms with Crippen molar-refractivity contribution in [1.82, 2.24) is 16.2 Å². The van der Waals surface area contributed by atoms with E-state index in [2.05, 4.69) is 22.7 Å². The number of carbonyl (C=O) groups excluding carboxylic acids is 1. The third-order valence-corrected chi connectivity index (χ3v) is 3.03. The molecule has 0 spiro atoms. The highest BCUT2D eigenvalue weighted by atomic mass is 32.1. The molecule has 1 aromatic rings. The van der Waals surface area contributed by atoms with Crippen molar-refractivity contribution in [2.75, 3.05) is 6.54 Å². The van der Waals surface area contributed by atoms with Gasteiger partial charge in [-0.15, -0.1) is 17.9 Å². The van der Waals surface area contributed by atoms with Crippen LogP contribution in [0.4, 0.5) is 0 Å². The van der Waals surface area contributed by atoms with Crippen molar-refractivity contribution in [3.05, 3.63) is 34.5 Å². The predicted octanol–water partition coefficient (Wildman–Crippen LogP) is 1.35. The molecule has 0 saturated carbocycles. The maximum atomic E-state index is 11.6. The molecule has 0 aromatic carbocycles. The summed E-state index contributed by atoms with van der Waals surface area (Å²) < 4.78 is 0. The molecule has 86 valence electrons. The predicted molar refractivity (Wildman–Crippen MR) is 70.5 cm³/mol. The summed E-state index contributed by atoms with van der Waals surface area (Å²) in [6.45, 7) is 5.99. The number of thiophene rings is 1. The van der Waals surface area contributed by atoms with Crippen LogP contribution in [-0.2, 0) is 0 Å². The third kappa shape index (κ3) is 3.63. The molecule has 1 amide bonds. The Hall–Kier alpha value is -1.40. The third-order valence-electron chi connectivity index (χ3n) is 1.76. The van der Waals surface area contributed by atoms with Crippen LogP contribution in [0.25, 0.3) is 0 Å². The largest absolute Gasteiger partial charge is 0.358 e. The van der Waals surface area contributed by atoms with Gasteiger partial charge >= 0.3 is 0 Å². The highest BCUT2D eigenvalue weighted by Crippen LogP contribution is 2.14. The monoisotopic (exact) mass is 255 g/mol. The van der Waals surface area contributed by atoms with Crippen molar-refractivity contribution in [3.63, 3.8) is 0 Å². The van der Waals surface area contributed by atoms with Crippen LogP contribution in [0.2, 0.25) is 0 Å². The lowest BCUT2D eigenvalue weighted by atomic mass is 10.3. The van der Waals surface area contributed by atoms with Crippen molar-refractivity contribution >= 4 is 34.6 Å².